The lowest BCUT2D eigenvalue weighted by Crippen LogP contribution is -2.13. The summed E-state index contributed by atoms with van der Waals surface area (Å²) in [7, 11) is 0. The number of aromatic nitrogens is 1. The molecule has 1 aromatic heterocycles. The van der Waals surface area contributed by atoms with Crippen molar-refractivity contribution < 1.29 is 14.8 Å². The minimum atomic E-state index is -0.679. The zero-order valence-electron chi connectivity index (χ0n) is 11.5. The quantitative estimate of drug-likeness (QED) is 0.666. The number of nitro groups is 1. The van der Waals surface area contributed by atoms with Crippen molar-refractivity contribution in [3.63, 3.8) is 0 Å². The van der Waals surface area contributed by atoms with E-state index in [4.69, 9.17) is 0 Å². The molecule has 0 bridgehead atoms. The molecule has 0 atom stereocenters. The fraction of sp³-hybridized carbons (Fsp3) is 0.143. The second-order valence-electron chi connectivity index (χ2n) is 4.57. The molecule has 0 aliphatic carbocycles. The smallest absolute Gasteiger partial charge is 0.291 e. The molecule has 1 aromatic carbocycles. The Morgan fingerprint density at radius 3 is 2.57 bits per heavy atom. The van der Waals surface area contributed by atoms with Gasteiger partial charge in [0.2, 0.25) is 0 Å². The van der Waals surface area contributed by atoms with Gasteiger partial charge in [0.15, 0.2) is 11.6 Å². The van der Waals surface area contributed by atoms with Gasteiger partial charge < -0.3 is 10.4 Å². The monoisotopic (exact) mass is 287 g/mol. The van der Waals surface area contributed by atoms with Crippen LogP contribution in [0.4, 0.5) is 11.5 Å². The maximum absolute atomic E-state index is 12.1. The van der Waals surface area contributed by atoms with Crippen LogP contribution in [0.15, 0.2) is 30.5 Å². The normalized spacial score (nSPS) is 10.2. The molecule has 108 valence electrons. The molecule has 2 aromatic rings. The van der Waals surface area contributed by atoms with E-state index in [1.54, 1.807) is 12.1 Å². The first-order valence-electron chi connectivity index (χ1n) is 6.10. The highest BCUT2D eigenvalue weighted by molar-refractivity contribution is 6.04. The highest BCUT2D eigenvalue weighted by atomic mass is 16.6. The van der Waals surface area contributed by atoms with Crippen molar-refractivity contribution in [3.8, 4) is 5.75 Å². The summed E-state index contributed by atoms with van der Waals surface area (Å²) >= 11 is 0. The average Bonchev–Trinajstić information content (AvgIpc) is 2.43. The van der Waals surface area contributed by atoms with Gasteiger partial charge in [-0.25, -0.2) is 4.98 Å². The molecule has 1 amide bonds. The fourth-order valence-electron chi connectivity index (χ4n) is 1.70. The van der Waals surface area contributed by atoms with E-state index >= 15 is 0 Å². The van der Waals surface area contributed by atoms with Crippen LogP contribution < -0.4 is 5.32 Å². The van der Waals surface area contributed by atoms with Crippen molar-refractivity contribution in [2.45, 2.75) is 13.8 Å². The van der Waals surface area contributed by atoms with Crippen LogP contribution in [0.25, 0.3) is 0 Å². The Morgan fingerprint density at radius 1 is 1.29 bits per heavy atom. The van der Waals surface area contributed by atoms with E-state index in [1.165, 1.54) is 0 Å². The molecule has 7 heteroatoms. The number of anilines is 1. The Labute approximate surface area is 120 Å². The average molecular weight is 287 g/mol. The number of pyridine rings is 1. The first-order valence-corrected chi connectivity index (χ1v) is 6.10. The van der Waals surface area contributed by atoms with Crippen LogP contribution in [-0.4, -0.2) is 20.9 Å². The SMILES string of the molecule is Cc1ccc(C(=O)Nc2ncc([N+](=O)[O-])cc2O)cc1C. The summed E-state index contributed by atoms with van der Waals surface area (Å²) in [6, 6.07) is 6.11. The standard InChI is InChI=1S/C14H13N3O4/c1-8-3-4-10(5-9(8)2)14(19)16-13-12(18)6-11(7-15-13)17(20)21/h3-7,18H,1-2H3,(H,15,16,19). The molecule has 0 radical (unpaired) electrons. The van der Waals surface area contributed by atoms with Crippen LogP contribution in [0.2, 0.25) is 0 Å². The molecule has 0 saturated heterocycles. The number of nitrogens with zero attached hydrogens (tertiary/aromatic N) is 2. The predicted octanol–water partition coefficient (Wildman–Crippen LogP) is 2.56. The number of rotatable bonds is 3. The van der Waals surface area contributed by atoms with Gasteiger partial charge >= 0.3 is 0 Å². The number of amides is 1. The van der Waals surface area contributed by atoms with Crippen LogP contribution >= 0.6 is 0 Å². The van der Waals surface area contributed by atoms with Gasteiger partial charge in [0, 0.05) is 5.56 Å². The molecule has 7 nitrogen and oxygen atoms in total. The first-order chi connectivity index (χ1) is 9.88. The van der Waals surface area contributed by atoms with E-state index in [1.807, 2.05) is 19.9 Å². The predicted molar refractivity (Wildman–Crippen MR) is 76.4 cm³/mol. The number of hydrogen-bond donors (Lipinski definition) is 2. The van der Waals surface area contributed by atoms with E-state index in [9.17, 15) is 20.0 Å². The number of aryl methyl sites for hydroxylation is 2. The number of nitrogens with one attached hydrogen (secondary N) is 1. The molecule has 21 heavy (non-hydrogen) atoms. The molecule has 1 heterocycles. The molecule has 0 fully saturated rings. The van der Waals surface area contributed by atoms with Gasteiger partial charge in [0.05, 0.1) is 11.0 Å². The Bertz CT molecular complexity index is 728. The molecule has 2 rings (SSSR count). The third kappa shape index (κ3) is 3.14. The van der Waals surface area contributed by atoms with Crippen molar-refractivity contribution >= 4 is 17.4 Å². The molecule has 0 aliphatic rings. The lowest BCUT2D eigenvalue weighted by Gasteiger charge is -2.07. The summed E-state index contributed by atoms with van der Waals surface area (Å²) in [5.41, 5.74) is 2.08. The van der Waals surface area contributed by atoms with Crippen LogP contribution in [0, 0.1) is 24.0 Å². The summed E-state index contributed by atoms with van der Waals surface area (Å²) < 4.78 is 0. The minimum absolute atomic E-state index is 0.121. The van der Waals surface area contributed by atoms with Gasteiger partial charge in [-0.05, 0) is 37.1 Å². The molecule has 0 saturated carbocycles. The number of hydrogen-bond acceptors (Lipinski definition) is 5. The number of carbonyl (C=O) groups is 1. The fourth-order valence-corrected chi connectivity index (χ4v) is 1.70. The van der Waals surface area contributed by atoms with Crippen LogP contribution in [0.1, 0.15) is 21.5 Å². The van der Waals surface area contributed by atoms with Crippen molar-refractivity contribution in [2.75, 3.05) is 5.32 Å². The Morgan fingerprint density at radius 2 is 2.00 bits per heavy atom. The molecular formula is C14H13N3O4. The largest absolute Gasteiger partial charge is 0.504 e. The Hall–Kier alpha value is -2.96. The zero-order chi connectivity index (χ0) is 15.6. The van der Waals surface area contributed by atoms with E-state index < -0.39 is 16.6 Å². The van der Waals surface area contributed by atoms with Gasteiger partial charge in [-0.1, -0.05) is 6.07 Å². The van der Waals surface area contributed by atoms with Crippen LogP contribution in [0.3, 0.4) is 0 Å². The lowest BCUT2D eigenvalue weighted by atomic mass is 10.1. The van der Waals surface area contributed by atoms with Gasteiger partial charge in [-0.15, -0.1) is 0 Å². The van der Waals surface area contributed by atoms with Gasteiger partial charge in [0.25, 0.3) is 11.6 Å². The maximum Gasteiger partial charge on any atom is 0.291 e. The van der Waals surface area contributed by atoms with Crippen LogP contribution in [-0.2, 0) is 0 Å². The summed E-state index contributed by atoms with van der Waals surface area (Å²) in [5, 5.41) is 22.6. The molecule has 0 spiro atoms. The summed E-state index contributed by atoms with van der Waals surface area (Å²) in [6.07, 6.45) is 0.968. The molecular weight excluding hydrogens is 274 g/mol. The van der Waals surface area contributed by atoms with E-state index in [0.717, 1.165) is 23.4 Å². The first kappa shape index (κ1) is 14.4. The maximum atomic E-state index is 12.1. The lowest BCUT2D eigenvalue weighted by molar-refractivity contribution is -0.385. The van der Waals surface area contributed by atoms with Crippen molar-refractivity contribution in [2.24, 2.45) is 0 Å². The summed E-state index contributed by atoms with van der Waals surface area (Å²) in [6.45, 7) is 3.81. The van der Waals surface area contributed by atoms with Crippen molar-refractivity contribution in [1.29, 1.82) is 0 Å². The second kappa shape index (κ2) is 5.58. The second-order valence-corrected chi connectivity index (χ2v) is 4.57. The van der Waals surface area contributed by atoms with E-state index in [2.05, 4.69) is 10.3 Å². The summed E-state index contributed by atoms with van der Waals surface area (Å²) in [5.74, 6) is -1.03. The van der Waals surface area contributed by atoms with Gasteiger partial charge in [-0.3, -0.25) is 14.9 Å². The van der Waals surface area contributed by atoms with Gasteiger partial charge in [-0.2, -0.15) is 0 Å². The van der Waals surface area contributed by atoms with Crippen LogP contribution in [0.5, 0.6) is 5.75 Å². The van der Waals surface area contributed by atoms with E-state index in [-0.39, 0.29) is 11.5 Å². The van der Waals surface area contributed by atoms with E-state index in [0.29, 0.717) is 5.56 Å². The Balaban J connectivity index is 2.23. The number of aromatic hydroxyl groups is 1. The number of carbonyl (C=O) groups excluding carboxylic acids is 1. The molecule has 0 unspecified atom stereocenters. The third-order valence-electron chi connectivity index (χ3n) is 3.06. The highest BCUT2D eigenvalue weighted by Crippen LogP contribution is 2.25. The Kier molecular flexibility index (Phi) is 3.84. The highest BCUT2D eigenvalue weighted by Gasteiger charge is 2.14. The molecule has 2 N–H and O–H groups in total. The van der Waals surface area contributed by atoms with Crippen molar-refractivity contribution in [1.82, 2.24) is 4.98 Å². The van der Waals surface area contributed by atoms with Gasteiger partial charge in [0.1, 0.15) is 6.20 Å². The summed E-state index contributed by atoms with van der Waals surface area (Å²) in [4.78, 5) is 25.6. The van der Waals surface area contributed by atoms with Crippen molar-refractivity contribution in [3.05, 3.63) is 57.3 Å². The minimum Gasteiger partial charge on any atom is -0.504 e. The number of benzene rings is 1. The topological polar surface area (TPSA) is 105 Å². The molecule has 0 aliphatic heterocycles. The zero-order valence-corrected chi connectivity index (χ0v) is 11.5. The third-order valence-corrected chi connectivity index (χ3v) is 3.06.